The molecule has 0 heteroatoms. The van der Waals surface area contributed by atoms with E-state index in [0.717, 1.165) is 0 Å². The quantitative estimate of drug-likeness (QED) is 0.120. The lowest BCUT2D eigenvalue weighted by atomic mass is 9.77. The van der Waals surface area contributed by atoms with Gasteiger partial charge < -0.3 is 0 Å². The standard InChI is InChI=1S/C78H52.CH4/c1-5-17-53(18-6-1)57-29-33-61(34-30-57)63-41-49-67(50-42-63)75-71-27-15-16-28-72(71)76(68-51-43-64(44-52-68)62-35-31-58(32-36-62)54-19-7-2-8-20-54)78-74(66-47-39-60(40-48-66)56-23-11-4-12-24-56)70-26-14-13-25-69(70)73(77(75)78)65-45-37-59(38-46-65)55-21-9-3-10-22-55;/h1-52H;1H4. The third kappa shape index (κ3) is 9.10. The molecule has 0 aliphatic rings. The normalized spacial score (nSPS) is 11.2. The summed E-state index contributed by atoms with van der Waals surface area (Å²) in [6.07, 6.45) is 0. The summed E-state index contributed by atoms with van der Waals surface area (Å²) in [5.74, 6) is 0. The molecule has 0 spiro atoms. The molecule has 0 aliphatic carbocycles. The molecule has 79 heavy (non-hydrogen) atoms. The molecule has 0 bridgehead atoms. The van der Waals surface area contributed by atoms with Crippen LogP contribution in [-0.2, 0) is 0 Å². The lowest BCUT2D eigenvalue weighted by molar-refractivity contribution is 1.58. The molecule has 14 aromatic carbocycles. The first-order valence-electron chi connectivity index (χ1n) is 27.0. The zero-order valence-electron chi connectivity index (χ0n) is 43.0. The van der Waals surface area contributed by atoms with E-state index < -0.39 is 0 Å². The summed E-state index contributed by atoms with van der Waals surface area (Å²) in [6, 6.07) is 116. The Balaban J connectivity index is 0.00000591. The summed E-state index contributed by atoms with van der Waals surface area (Å²) in [4.78, 5) is 0. The van der Waals surface area contributed by atoms with Gasteiger partial charge in [-0.25, -0.2) is 0 Å². The van der Waals surface area contributed by atoms with Crippen LogP contribution >= 0.6 is 0 Å². The molecule has 0 unspecified atom stereocenters. The van der Waals surface area contributed by atoms with Crippen LogP contribution in [-0.4, -0.2) is 0 Å². The smallest absolute Gasteiger partial charge is 0.000139 e. The summed E-state index contributed by atoms with van der Waals surface area (Å²) >= 11 is 0. The average molecular weight is 1010 g/mol. The van der Waals surface area contributed by atoms with Crippen molar-refractivity contribution in [3.05, 3.63) is 315 Å². The van der Waals surface area contributed by atoms with Crippen LogP contribution in [0.1, 0.15) is 7.43 Å². The van der Waals surface area contributed by atoms with Gasteiger partial charge in [-0.1, -0.05) is 323 Å². The highest BCUT2D eigenvalue weighted by Crippen LogP contribution is 2.54. The van der Waals surface area contributed by atoms with Crippen LogP contribution in [0.4, 0.5) is 0 Å². The van der Waals surface area contributed by atoms with Crippen molar-refractivity contribution in [1.82, 2.24) is 0 Å². The van der Waals surface area contributed by atoms with Crippen molar-refractivity contribution in [2.45, 2.75) is 7.43 Å². The molecule has 0 nitrogen and oxygen atoms in total. The molecule has 0 radical (unpaired) electrons. The van der Waals surface area contributed by atoms with Gasteiger partial charge in [-0.3, -0.25) is 0 Å². The van der Waals surface area contributed by atoms with Crippen molar-refractivity contribution in [2.24, 2.45) is 0 Å². The fraction of sp³-hybridized carbons (Fsp3) is 0.0127. The molecule has 0 saturated heterocycles. The Kier molecular flexibility index (Phi) is 13.0. The van der Waals surface area contributed by atoms with E-state index in [4.69, 9.17) is 0 Å². The Bertz CT molecular complexity index is 4120. The second-order valence-corrected chi connectivity index (χ2v) is 20.3. The highest BCUT2D eigenvalue weighted by atomic mass is 14.3. The molecular weight excluding hydrogens is 949 g/mol. The summed E-state index contributed by atoms with van der Waals surface area (Å²) in [5, 5.41) is 7.32. The minimum Gasteiger partial charge on any atom is -0.0776 e. The molecule has 372 valence electrons. The van der Waals surface area contributed by atoms with Crippen molar-refractivity contribution in [2.75, 3.05) is 0 Å². The van der Waals surface area contributed by atoms with Crippen molar-refractivity contribution in [3.63, 3.8) is 0 Å². The first kappa shape index (κ1) is 48.5. The lowest BCUT2D eigenvalue weighted by Gasteiger charge is -2.25. The SMILES string of the molecule is C.c1ccc(-c2ccc(-c3ccc(-c4c5ccccc5c(-c5ccc(-c6ccc(-c7ccccc7)cc6)cc5)c5c(-c6ccc(-c7ccccc7)cc6)c6ccccc6c(-c6ccc(-c7ccccc7)cc6)c45)cc3)cc2)cc1. The van der Waals surface area contributed by atoms with E-state index in [1.807, 2.05) is 0 Å². The van der Waals surface area contributed by atoms with Gasteiger partial charge in [0.05, 0.1) is 0 Å². The maximum atomic E-state index is 2.35. The monoisotopic (exact) mass is 1000 g/mol. The number of rotatable bonds is 10. The molecule has 14 aromatic rings. The Hall–Kier alpha value is -10.1. The van der Waals surface area contributed by atoms with Crippen molar-refractivity contribution in [1.29, 1.82) is 0 Å². The Morgan fingerprint density at radius 1 is 0.114 bits per heavy atom. The Morgan fingerprint density at radius 2 is 0.241 bits per heavy atom. The third-order valence-corrected chi connectivity index (χ3v) is 15.7. The number of benzene rings is 14. The second kappa shape index (κ2) is 21.1. The average Bonchev–Trinajstić information content (AvgIpc) is 3.35. The van der Waals surface area contributed by atoms with Gasteiger partial charge in [0.2, 0.25) is 0 Å². The van der Waals surface area contributed by atoms with Crippen LogP contribution in [0.3, 0.4) is 0 Å². The van der Waals surface area contributed by atoms with Crippen LogP contribution in [0, 0.1) is 0 Å². The fourth-order valence-corrected chi connectivity index (χ4v) is 11.9. The van der Waals surface area contributed by atoms with E-state index in [0.29, 0.717) is 0 Å². The van der Waals surface area contributed by atoms with Crippen molar-refractivity contribution in [3.8, 4) is 111 Å². The van der Waals surface area contributed by atoms with E-state index >= 15 is 0 Å². The van der Waals surface area contributed by atoms with E-state index in [1.165, 1.54) is 144 Å². The minimum atomic E-state index is 0. The zero-order valence-corrected chi connectivity index (χ0v) is 43.0. The van der Waals surface area contributed by atoms with Crippen LogP contribution in [0.25, 0.3) is 144 Å². The van der Waals surface area contributed by atoms with Gasteiger partial charge in [0.1, 0.15) is 0 Å². The molecule has 14 rings (SSSR count). The maximum Gasteiger partial charge on any atom is -0.000139 e. The van der Waals surface area contributed by atoms with Crippen LogP contribution in [0.2, 0.25) is 0 Å². The van der Waals surface area contributed by atoms with Crippen LogP contribution in [0.15, 0.2) is 315 Å². The number of fused-ring (bicyclic) bond motifs is 3. The molecule has 0 fully saturated rings. The fourth-order valence-electron chi connectivity index (χ4n) is 11.9. The first-order chi connectivity index (χ1) is 38.7. The van der Waals surface area contributed by atoms with Crippen molar-refractivity contribution < 1.29 is 0 Å². The second-order valence-electron chi connectivity index (χ2n) is 20.3. The molecule has 0 atom stereocenters. The molecule has 0 saturated carbocycles. The molecule has 0 amide bonds. The van der Waals surface area contributed by atoms with Crippen LogP contribution in [0.5, 0.6) is 0 Å². The number of hydrogen-bond donors (Lipinski definition) is 0. The third-order valence-electron chi connectivity index (χ3n) is 15.7. The maximum absolute atomic E-state index is 2.35. The predicted octanol–water partition coefficient (Wildman–Crippen LogP) is 22.5. The van der Waals surface area contributed by atoms with Crippen molar-refractivity contribution >= 4 is 32.3 Å². The van der Waals surface area contributed by atoms with Gasteiger partial charge in [0, 0.05) is 0 Å². The Morgan fingerprint density at radius 3 is 0.405 bits per heavy atom. The summed E-state index contributed by atoms with van der Waals surface area (Å²) in [5.41, 5.74) is 24.0. The van der Waals surface area contributed by atoms with Gasteiger partial charge in [-0.2, -0.15) is 0 Å². The topological polar surface area (TPSA) is 0 Å². The lowest BCUT2D eigenvalue weighted by Crippen LogP contribution is -1.98. The molecule has 0 aliphatic heterocycles. The van der Waals surface area contributed by atoms with Crippen LogP contribution < -0.4 is 0 Å². The highest BCUT2D eigenvalue weighted by Gasteiger charge is 2.26. The highest BCUT2D eigenvalue weighted by molar-refractivity contribution is 6.34. The molecular formula is C79H56. The zero-order chi connectivity index (χ0) is 51.8. The molecule has 0 N–H and O–H groups in total. The van der Waals surface area contributed by atoms with Gasteiger partial charge >= 0.3 is 0 Å². The summed E-state index contributed by atoms with van der Waals surface area (Å²) in [7, 11) is 0. The van der Waals surface area contributed by atoms with E-state index in [1.54, 1.807) is 0 Å². The number of hydrogen-bond acceptors (Lipinski definition) is 0. The van der Waals surface area contributed by atoms with Gasteiger partial charge in [-0.05, 0) is 144 Å². The Labute approximate surface area is 463 Å². The van der Waals surface area contributed by atoms with Gasteiger partial charge in [-0.15, -0.1) is 0 Å². The predicted molar refractivity (Wildman–Crippen MR) is 340 cm³/mol. The largest absolute Gasteiger partial charge is 0.0776 e. The van der Waals surface area contributed by atoms with E-state index in [9.17, 15) is 0 Å². The van der Waals surface area contributed by atoms with Gasteiger partial charge in [0.25, 0.3) is 0 Å². The minimum absolute atomic E-state index is 0. The van der Waals surface area contributed by atoms with Gasteiger partial charge in [0.15, 0.2) is 0 Å². The summed E-state index contributed by atoms with van der Waals surface area (Å²) in [6.45, 7) is 0. The summed E-state index contributed by atoms with van der Waals surface area (Å²) < 4.78 is 0. The first-order valence-corrected chi connectivity index (χ1v) is 27.0. The van der Waals surface area contributed by atoms with E-state index in [-0.39, 0.29) is 7.43 Å². The molecule has 0 heterocycles. The van der Waals surface area contributed by atoms with E-state index in [2.05, 4.69) is 315 Å². The molecule has 0 aromatic heterocycles.